The second kappa shape index (κ2) is 6.82. The average molecular weight is 348 g/mol. The Balaban J connectivity index is 1.72. The summed E-state index contributed by atoms with van der Waals surface area (Å²) in [5.74, 6) is -1.43. The number of halogens is 1. The molecule has 0 spiro atoms. The molecule has 6 nitrogen and oxygen atoms in total. The van der Waals surface area contributed by atoms with E-state index in [0.29, 0.717) is 37.1 Å². The molecular weight excluding hydrogens is 327 g/mol. The van der Waals surface area contributed by atoms with Crippen LogP contribution < -0.4 is 0 Å². The summed E-state index contributed by atoms with van der Waals surface area (Å²) < 4.78 is 13.9. The topological polar surface area (TPSA) is 79.2 Å². The van der Waals surface area contributed by atoms with Gasteiger partial charge in [0, 0.05) is 38.4 Å². The molecule has 1 saturated heterocycles. The van der Waals surface area contributed by atoms with Gasteiger partial charge in [-0.15, -0.1) is 0 Å². The normalized spacial score (nSPS) is 26.1. The van der Waals surface area contributed by atoms with E-state index in [1.54, 1.807) is 23.1 Å². The number of aliphatic carboxylic acids is 1. The van der Waals surface area contributed by atoms with Crippen molar-refractivity contribution >= 4 is 17.6 Å². The predicted octanol–water partition coefficient (Wildman–Crippen LogP) is 2.42. The van der Waals surface area contributed by atoms with Gasteiger partial charge in [-0.3, -0.25) is 9.59 Å². The number of nitrogens with zero attached hydrogens (tertiary/aromatic N) is 2. The van der Waals surface area contributed by atoms with Crippen LogP contribution in [0.25, 0.3) is 0 Å². The summed E-state index contributed by atoms with van der Waals surface area (Å²) in [6, 6.07) is 6.31. The lowest BCUT2D eigenvalue weighted by molar-refractivity contribution is -0.157. The number of rotatable bonds is 4. The monoisotopic (exact) mass is 348 g/mol. The second-order valence-corrected chi connectivity index (χ2v) is 6.78. The van der Waals surface area contributed by atoms with Crippen LogP contribution in [0.5, 0.6) is 0 Å². The number of piperidine rings is 1. The van der Waals surface area contributed by atoms with Crippen LogP contribution in [-0.4, -0.2) is 46.8 Å². The van der Waals surface area contributed by atoms with Gasteiger partial charge in [-0.2, -0.15) is 0 Å². The summed E-state index contributed by atoms with van der Waals surface area (Å²) in [5, 5.41) is 13.7. The van der Waals surface area contributed by atoms with Gasteiger partial charge in [0.25, 0.3) is 0 Å². The molecule has 2 aliphatic rings. The van der Waals surface area contributed by atoms with Crippen molar-refractivity contribution < 1.29 is 23.9 Å². The van der Waals surface area contributed by atoms with Gasteiger partial charge in [-0.25, -0.2) is 4.39 Å². The summed E-state index contributed by atoms with van der Waals surface area (Å²) in [4.78, 5) is 30.6. The number of benzene rings is 1. The lowest BCUT2D eigenvalue weighted by Gasteiger charge is -2.40. The Hall–Kier alpha value is -2.44. The van der Waals surface area contributed by atoms with Gasteiger partial charge < -0.3 is 14.8 Å². The number of carboxylic acids is 1. The molecule has 1 N–H and O–H groups in total. The predicted molar refractivity (Wildman–Crippen MR) is 88.6 cm³/mol. The Morgan fingerprint density at radius 1 is 1.44 bits per heavy atom. The van der Waals surface area contributed by atoms with E-state index in [0.717, 1.165) is 0 Å². The molecule has 0 aromatic heterocycles. The van der Waals surface area contributed by atoms with Crippen molar-refractivity contribution in [3.8, 4) is 0 Å². The number of amides is 1. The molecule has 2 atom stereocenters. The first-order chi connectivity index (χ1) is 11.9. The molecule has 134 valence electrons. The maximum absolute atomic E-state index is 13.9. The Bertz CT molecular complexity index is 721. The number of oxime groups is 1. The maximum atomic E-state index is 13.9. The third kappa shape index (κ3) is 3.50. The molecule has 0 radical (unpaired) electrons. The maximum Gasteiger partial charge on any atom is 0.311 e. The summed E-state index contributed by atoms with van der Waals surface area (Å²) in [7, 11) is 0. The third-order valence-electron chi connectivity index (χ3n) is 5.01. The zero-order valence-corrected chi connectivity index (χ0v) is 14.1. The van der Waals surface area contributed by atoms with Gasteiger partial charge in [0.05, 0.1) is 11.1 Å². The fourth-order valence-electron chi connectivity index (χ4n) is 3.66. The molecule has 7 heteroatoms. The van der Waals surface area contributed by atoms with E-state index < -0.39 is 17.5 Å². The Morgan fingerprint density at radius 2 is 2.20 bits per heavy atom. The molecule has 2 heterocycles. The average Bonchev–Trinajstić information content (AvgIpc) is 3.03. The quantitative estimate of drug-likeness (QED) is 0.906. The number of hydrogen-bond donors (Lipinski definition) is 1. The van der Waals surface area contributed by atoms with E-state index in [-0.39, 0.29) is 24.7 Å². The van der Waals surface area contributed by atoms with Crippen molar-refractivity contribution in [3.63, 3.8) is 0 Å². The molecule has 2 unspecified atom stereocenters. The fraction of sp³-hybridized carbons (Fsp3) is 0.500. The van der Waals surface area contributed by atoms with E-state index in [2.05, 4.69) is 5.16 Å². The van der Waals surface area contributed by atoms with Crippen LogP contribution in [0.15, 0.2) is 29.4 Å². The van der Waals surface area contributed by atoms with E-state index in [1.165, 1.54) is 13.0 Å². The molecule has 0 aliphatic carbocycles. The van der Waals surface area contributed by atoms with Gasteiger partial charge in [-0.1, -0.05) is 23.4 Å². The van der Waals surface area contributed by atoms with Gasteiger partial charge in [0.1, 0.15) is 11.9 Å². The lowest BCUT2D eigenvalue weighted by atomic mass is 9.75. The highest BCUT2D eigenvalue weighted by Gasteiger charge is 2.46. The minimum atomic E-state index is -1.05. The van der Waals surface area contributed by atoms with Crippen LogP contribution in [0.4, 0.5) is 4.39 Å². The van der Waals surface area contributed by atoms with E-state index >= 15 is 0 Å². The van der Waals surface area contributed by atoms with Crippen molar-refractivity contribution in [1.82, 2.24) is 4.90 Å². The fourth-order valence-corrected chi connectivity index (χ4v) is 3.66. The Labute approximate surface area is 145 Å². The van der Waals surface area contributed by atoms with Crippen molar-refractivity contribution in [2.75, 3.05) is 13.1 Å². The number of carbonyl (C=O) groups excluding carboxylic acids is 1. The summed E-state index contributed by atoms with van der Waals surface area (Å²) >= 11 is 0. The lowest BCUT2D eigenvalue weighted by Crippen LogP contribution is -2.50. The molecule has 1 aromatic rings. The highest BCUT2D eigenvalue weighted by atomic mass is 19.1. The van der Waals surface area contributed by atoms with Gasteiger partial charge in [-0.05, 0) is 18.9 Å². The Kier molecular flexibility index (Phi) is 4.74. The number of likely N-dealkylation sites (tertiary alicyclic amines) is 1. The standard InChI is InChI=1S/C18H21FN2O4/c1-12(22)21-8-4-7-18(11-21,17(23)24)10-13-9-16(20-25-13)14-5-2-3-6-15(14)19/h2-3,5-6,13H,4,7-11H2,1H3,(H,23,24). The van der Waals surface area contributed by atoms with E-state index in [4.69, 9.17) is 4.84 Å². The first-order valence-electron chi connectivity index (χ1n) is 8.38. The van der Waals surface area contributed by atoms with E-state index in [9.17, 15) is 19.1 Å². The molecule has 1 aromatic carbocycles. The molecule has 25 heavy (non-hydrogen) atoms. The number of carboxylic acid groups (broad SMARTS) is 1. The van der Waals surface area contributed by atoms with Crippen molar-refractivity contribution in [1.29, 1.82) is 0 Å². The smallest absolute Gasteiger partial charge is 0.311 e. The van der Waals surface area contributed by atoms with Gasteiger partial charge in [0.15, 0.2) is 0 Å². The number of hydrogen-bond acceptors (Lipinski definition) is 4. The summed E-state index contributed by atoms with van der Waals surface area (Å²) in [5.41, 5.74) is -0.180. The zero-order chi connectivity index (χ0) is 18.0. The van der Waals surface area contributed by atoms with E-state index in [1.807, 2.05) is 0 Å². The first kappa shape index (κ1) is 17.4. The van der Waals surface area contributed by atoms with Gasteiger partial charge >= 0.3 is 5.97 Å². The highest BCUT2D eigenvalue weighted by Crippen LogP contribution is 2.38. The van der Waals surface area contributed by atoms with Gasteiger partial charge in [0.2, 0.25) is 5.91 Å². The van der Waals surface area contributed by atoms with Crippen molar-refractivity contribution in [2.24, 2.45) is 10.6 Å². The number of carbonyl (C=O) groups is 2. The summed E-state index contributed by atoms with van der Waals surface area (Å²) in [6.45, 7) is 2.20. The van der Waals surface area contributed by atoms with Crippen LogP contribution in [0, 0.1) is 11.2 Å². The molecule has 1 amide bonds. The van der Waals surface area contributed by atoms with Crippen molar-refractivity contribution in [3.05, 3.63) is 35.6 Å². The highest BCUT2D eigenvalue weighted by molar-refractivity contribution is 6.01. The first-order valence-corrected chi connectivity index (χ1v) is 8.38. The second-order valence-electron chi connectivity index (χ2n) is 6.78. The Morgan fingerprint density at radius 3 is 2.88 bits per heavy atom. The van der Waals surface area contributed by atoms with Crippen LogP contribution >= 0.6 is 0 Å². The van der Waals surface area contributed by atoms with Crippen LogP contribution in [0.2, 0.25) is 0 Å². The molecular formula is C18H21FN2O4. The van der Waals surface area contributed by atoms with Crippen LogP contribution in [-0.2, 0) is 14.4 Å². The summed E-state index contributed by atoms with van der Waals surface area (Å²) in [6.07, 6.45) is 1.29. The van der Waals surface area contributed by atoms with Crippen LogP contribution in [0.3, 0.4) is 0 Å². The SMILES string of the molecule is CC(=O)N1CCCC(CC2CC(c3ccccc3F)=NO2)(C(=O)O)C1. The molecule has 0 bridgehead atoms. The minimum absolute atomic E-state index is 0.124. The molecule has 1 fully saturated rings. The molecule has 0 saturated carbocycles. The van der Waals surface area contributed by atoms with Crippen LogP contribution in [0.1, 0.15) is 38.2 Å². The third-order valence-corrected chi connectivity index (χ3v) is 5.01. The minimum Gasteiger partial charge on any atom is -0.481 e. The largest absolute Gasteiger partial charge is 0.481 e. The van der Waals surface area contributed by atoms with Crippen molar-refractivity contribution in [2.45, 2.75) is 38.7 Å². The zero-order valence-electron chi connectivity index (χ0n) is 14.1. The molecule has 3 rings (SSSR count). The molecule has 2 aliphatic heterocycles.